The van der Waals surface area contributed by atoms with Crippen LogP contribution in [-0.2, 0) is 15.8 Å². The molecule has 1 atom stereocenters. The van der Waals surface area contributed by atoms with Crippen molar-refractivity contribution in [3.05, 3.63) is 35.9 Å². The third kappa shape index (κ3) is 7.61. The first-order chi connectivity index (χ1) is 11.5. The molecule has 5 heteroatoms. The monoisotopic (exact) mass is 365 g/mol. The maximum Gasteiger partial charge on any atom is 0.407 e. The molecule has 1 N–H and O–H groups in total. The second-order valence-corrected chi connectivity index (χ2v) is 13.3. The molecule has 0 radical (unpaired) electrons. The number of alkyl carbamates (subject to hydrolysis) is 1. The van der Waals surface area contributed by atoms with Crippen LogP contribution in [0.1, 0.15) is 46.6 Å². The molecule has 1 aromatic rings. The third-order valence-electron chi connectivity index (χ3n) is 5.02. The molecule has 4 nitrogen and oxygen atoms in total. The van der Waals surface area contributed by atoms with Crippen LogP contribution in [0.15, 0.2) is 30.3 Å². The molecule has 0 aliphatic heterocycles. The average molecular weight is 366 g/mol. The second-order valence-electron chi connectivity index (χ2n) is 8.45. The Morgan fingerprint density at radius 1 is 1.16 bits per heavy atom. The topological polar surface area (TPSA) is 47.6 Å². The Labute approximate surface area is 154 Å². The molecular formula is C20H35NO3Si. The maximum atomic E-state index is 12.1. The summed E-state index contributed by atoms with van der Waals surface area (Å²) < 4.78 is 11.6. The molecule has 25 heavy (non-hydrogen) atoms. The van der Waals surface area contributed by atoms with Crippen molar-refractivity contribution in [1.29, 1.82) is 0 Å². The van der Waals surface area contributed by atoms with E-state index in [1.54, 1.807) is 0 Å². The van der Waals surface area contributed by atoms with Crippen molar-refractivity contribution in [1.82, 2.24) is 5.32 Å². The van der Waals surface area contributed by atoms with Crippen LogP contribution >= 0.6 is 0 Å². The van der Waals surface area contributed by atoms with Crippen molar-refractivity contribution < 1.29 is 14.0 Å². The van der Waals surface area contributed by atoms with E-state index in [-0.39, 0.29) is 23.8 Å². The van der Waals surface area contributed by atoms with Gasteiger partial charge in [0, 0.05) is 12.6 Å². The zero-order chi connectivity index (χ0) is 19.1. The number of carbonyl (C=O) groups excluding carboxylic acids is 1. The highest BCUT2D eigenvalue weighted by atomic mass is 28.4. The fraction of sp³-hybridized carbons (Fsp3) is 0.650. The van der Waals surface area contributed by atoms with Gasteiger partial charge in [0.15, 0.2) is 8.32 Å². The van der Waals surface area contributed by atoms with Gasteiger partial charge in [0.05, 0.1) is 0 Å². The molecule has 1 amide bonds. The van der Waals surface area contributed by atoms with Crippen LogP contribution in [0, 0.1) is 5.92 Å². The molecule has 0 heterocycles. The first-order valence-corrected chi connectivity index (χ1v) is 12.0. The fourth-order valence-electron chi connectivity index (χ4n) is 2.15. The molecule has 0 aliphatic rings. The van der Waals surface area contributed by atoms with Crippen LogP contribution in [0.3, 0.4) is 0 Å². The highest BCUT2D eigenvalue weighted by Gasteiger charge is 2.37. The lowest BCUT2D eigenvalue weighted by Gasteiger charge is -2.36. The smallest absolute Gasteiger partial charge is 0.407 e. The predicted octanol–water partition coefficient (Wildman–Crippen LogP) is 5.35. The van der Waals surface area contributed by atoms with Crippen molar-refractivity contribution in [2.24, 2.45) is 5.92 Å². The summed E-state index contributed by atoms with van der Waals surface area (Å²) in [6.45, 7) is 16.4. The third-order valence-corrected chi connectivity index (χ3v) is 9.56. The van der Waals surface area contributed by atoms with Gasteiger partial charge < -0.3 is 14.5 Å². The average Bonchev–Trinajstić information content (AvgIpc) is 2.51. The summed E-state index contributed by atoms with van der Waals surface area (Å²) in [6.07, 6.45) is 0.430. The minimum absolute atomic E-state index is 0.0491. The summed E-state index contributed by atoms with van der Waals surface area (Å²) in [5.74, 6) is 0.326. The minimum Gasteiger partial charge on any atom is -0.445 e. The maximum absolute atomic E-state index is 12.1. The number of ether oxygens (including phenoxy) is 1. The Bertz CT molecular complexity index is 523. The summed E-state index contributed by atoms with van der Waals surface area (Å²) in [5, 5.41) is 3.18. The number of hydrogen-bond acceptors (Lipinski definition) is 3. The normalized spacial score (nSPS) is 13.6. The van der Waals surface area contributed by atoms with E-state index in [2.05, 4.69) is 53.0 Å². The lowest BCUT2D eigenvalue weighted by Crippen LogP contribution is -2.43. The summed E-state index contributed by atoms with van der Waals surface area (Å²) in [6, 6.07) is 9.76. The molecule has 0 saturated heterocycles. The van der Waals surface area contributed by atoms with Gasteiger partial charge in [0.25, 0.3) is 0 Å². The quantitative estimate of drug-likeness (QED) is 0.632. The molecule has 0 saturated carbocycles. The Morgan fingerprint density at radius 3 is 2.28 bits per heavy atom. The van der Waals surface area contributed by atoms with E-state index in [9.17, 15) is 4.79 Å². The number of amides is 1. The van der Waals surface area contributed by atoms with Crippen molar-refractivity contribution in [3.8, 4) is 0 Å². The molecule has 0 unspecified atom stereocenters. The van der Waals surface area contributed by atoms with Crippen LogP contribution in [0.4, 0.5) is 4.79 Å². The molecule has 0 fully saturated rings. The highest BCUT2D eigenvalue weighted by molar-refractivity contribution is 6.74. The van der Waals surface area contributed by atoms with Gasteiger partial charge >= 0.3 is 6.09 Å². The Hall–Kier alpha value is -1.33. The van der Waals surface area contributed by atoms with Gasteiger partial charge in [-0.05, 0) is 36.0 Å². The second kappa shape index (κ2) is 9.39. The fourth-order valence-corrected chi connectivity index (χ4v) is 3.21. The van der Waals surface area contributed by atoms with Gasteiger partial charge in [-0.3, -0.25) is 0 Å². The van der Waals surface area contributed by atoms with Gasteiger partial charge in [-0.15, -0.1) is 0 Å². The number of carbonyl (C=O) groups is 1. The van der Waals surface area contributed by atoms with Gasteiger partial charge in [0.1, 0.15) is 6.61 Å². The first kappa shape index (κ1) is 21.7. The van der Waals surface area contributed by atoms with E-state index >= 15 is 0 Å². The van der Waals surface area contributed by atoms with Crippen molar-refractivity contribution in [3.63, 3.8) is 0 Å². The SMILES string of the molecule is CC(C)[C@@H](CCO[Si](C)(C)C(C)(C)C)NC(=O)OCc1ccccc1. The summed E-state index contributed by atoms with van der Waals surface area (Å²) >= 11 is 0. The van der Waals surface area contributed by atoms with Crippen molar-refractivity contribution >= 4 is 14.4 Å². The van der Waals surface area contributed by atoms with E-state index in [0.717, 1.165) is 12.0 Å². The molecule has 0 aromatic heterocycles. The lowest BCUT2D eigenvalue weighted by atomic mass is 10.0. The van der Waals surface area contributed by atoms with Crippen LogP contribution in [0.25, 0.3) is 0 Å². The number of nitrogens with one attached hydrogen (secondary N) is 1. The van der Waals surface area contributed by atoms with Crippen molar-refractivity contribution in [2.75, 3.05) is 6.61 Å². The summed E-state index contributed by atoms with van der Waals surface area (Å²) in [4.78, 5) is 12.1. The zero-order valence-corrected chi connectivity index (χ0v) is 17.9. The van der Waals surface area contributed by atoms with Crippen molar-refractivity contribution in [2.45, 2.75) is 71.8 Å². The van der Waals surface area contributed by atoms with Crippen LogP contribution in [0.2, 0.25) is 18.1 Å². The van der Waals surface area contributed by atoms with Gasteiger partial charge in [0.2, 0.25) is 0 Å². The summed E-state index contributed by atoms with van der Waals surface area (Å²) in [7, 11) is -1.75. The van der Waals surface area contributed by atoms with Gasteiger partial charge in [-0.25, -0.2) is 4.79 Å². The largest absolute Gasteiger partial charge is 0.445 e. The van der Waals surface area contributed by atoms with Crippen LogP contribution in [0.5, 0.6) is 0 Å². The molecule has 0 spiro atoms. The zero-order valence-electron chi connectivity index (χ0n) is 16.9. The molecular weight excluding hydrogens is 330 g/mol. The predicted molar refractivity (Wildman–Crippen MR) is 106 cm³/mol. The Morgan fingerprint density at radius 2 is 1.76 bits per heavy atom. The van der Waals surface area contributed by atoms with Crippen LogP contribution < -0.4 is 5.32 Å². The number of hydrogen-bond donors (Lipinski definition) is 1. The Balaban J connectivity index is 2.44. The molecule has 0 bridgehead atoms. The van der Waals surface area contributed by atoms with E-state index in [4.69, 9.17) is 9.16 Å². The van der Waals surface area contributed by atoms with Gasteiger partial charge in [-0.1, -0.05) is 65.0 Å². The Kier molecular flexibility index (Phi) is 8.15. The van der Waals surface area contributed by atoms with E-state index in [0.29, 0.717) is 12.5 Å². The van der Waals surface area contributed by atoms with E-state index in [1.807, 2.05) is 30.3 Å². The molecule has 0 aliphatic carbocycles. The highest BCUT2D eigenvalue weighted by Crippen LogP contribution is 2.36. The first-order valence-electron chi connectivity index (χ1n) is 9.14. The number of rotatable bonds is 8. The number of benzene rings is 1. The molecule has 142 valence electrons. The summed E-state index contributed by atoms with van der Waals surface area (Å²) in [5.41, 5.74) is 0.986. The minimum atomic E-state index is -1.75. The standard InChI is InChI=1S/C20H35NO3Si/c1-16(2)18(13-14-24-25(6,7)20(3,4)5)21-19(22)23-15-17-11-9-8-10-12-17/h8-12,16,18H,13-15H2,1-7H3,(H,21,22)/t18-/m1/s1. The molecule has 1 rings (SSSR count). The van der Waals surface area contributed by atoms with Crippen LogP contribution in [-0.4, -0.2) is 27.1 Å². The molecule has 1 aromatic carbocycles. The van der Waals surface area contributed by atoms with E-state index in [1.165, 1.54) is 0 Å². The lowest BCUT2D eigenvalue weighted by molar-refractivity contribution is 0.129. The van der Waals surface area contributed by atoms with Gasteiger partial charge in [-0.2, -0.15) is 0 Å². The van der Waals surface area contributed by atoms with E-state index < -0.39 is 8.32 Å².